The van der Waals surface area contributed by atoms with Crippen molar-refractivity contribution in [2.45, 2.75) is 11.5 Å². The predicted molar refractivity (Wildman–Crippen MR) is 133 cm³/mol. The second-order valence-electron chi connectivity index (χ2n) is 7.80. The molecule has 0 radical (unpaired) electrons. The van der Waals surface area contributed by atoms with Crippen LogP contribution in [0.25, 0.3) is 26.9 Å². The van der Waals surface area contributed by atoms with Crippen molar-refractivity contribution in [3.05, 3.63) is 99.4 Å². The van der Waals surface area contributed by atoms with Crippen LogP contribution in [-0.2, 0) is 16.1 Å². The molecule has 34 heavy (non-hydrogen) atoms. The van der Waals surface area contributed by atoms with Crippen molar-refractivity contribution in [3.8, 4) is 11.1 Å². The fourth-order valence-corrected chi connectivity index (χ4v) is 5.86. The van der Waals surface area contributed by atoms with E-state index < -0.39 is 5.97 Å². The van der Waals surface area contributed by atoms with Gasteiger partial charge in [0.05, 0.1) is 11.4 Å². The Morgan fingerprint density at radius 3 is 2.68 bits per heavy atom. The number of thioether (sulfide) groups is 1. The topological polar surface area (TPSA) is 77.7 Å². The van der Waals surface area contributed by atoms with E-state index in [2.05, 4.69) is 4.98 Å². The van der Waals surface area contributed by atoms with Gasteiger partial charge in [-0.05, 0) is 22.6 Å². The molecule has 6 rings (SSSR count). The first-order valence-electron chi connectivity index (χ1n) is 10.5. The third-order valence-electron chi connectivity index (χ3n) is 5.79. The van der Waals surface area contributed by atoms with E-state index in [9.17, 15) is 14.4 Å². The van der Waals surface area contributed by atoms with E-state index >= 15 is 0 Å². The van der Waals surface area contributed by atoms with Gasteiger partial charge in [0.1, 0.15) is 6.61 Å². The predicted octanol–water partition coefficient (Wildman–Crippen LogP) is 4.96. The summed E-state index contributed by atoms with van der Waals surface area (Å²) in [6, 6.07) is 18.7. The Balaban J connectivity index is 1.23. The zero-order valence-corrected chi connectivity index (χ0v) is 19.3. The molecule has 0 unspecified atom stereocenters. The Morgan fingerprint density at radius 2 is 1.79 bits per heavy atom. The Bertz CT molecular complexity index is 1690. The van der Waals surface area contributed by atoms with Gasteiger partial charge in [-0.2, -0.15) is 0 Å². The standard InChI is InChI=1S/C26H16N2O4S2/c29-22-12-15(27-26-28(22)10-11-33-26)13-32-23(30)14-34-21-9-8-17-16-4-1-2-5-18(16)25(31)20-7-3-6-19(21)24(17)20/h1-12H,13-14H2. The lowest BCUT2D eigenvalue weighted by Gasteiger charge is -2.21. The molecule has 0 fully saturated rings. The summed E-state index contributed by atoms with van der Waals surface area (Å²) in [4.78, 5) is 43.4. The van der Waals surface area contributed by atoms with Crippen molar-refractivity contribution >= 4 is 50.6 Å². The maximum Gasteiger partial charge on any atom is 0.316 e. The number of hydrogen-bond donors (Lipinski definition) is 0. The Hall–Kier alpha value is -3.75. The summed E-state index contributed by atoms with van der Waals surface area (Å²) in [6.45, 7) is -0.0574. The number of fused-ring (bicyclic) bond motifs is 3. The van der Waals surface area contributed by atoms with Gasteiger partial charge in [0, 0.05) is 39.1 Å². The normalized spacial score (nSPS) is 12.2. The molecule has 6 nitrogen and oxygen atoms in total. The summed E-state index contributed by atoms with van der Waals surface area (Å²) in [5.41, 5.74) is 3.56. The maximum absolute atomic E-state index is 13.1. The molecule has 5 aromatic rings. The Kier molecular flexibility index (Phi) is 5.04. The second kappa shape index (κ2) is 8.23. The van der Waals surface area contributed by atoms with E-state index in [0.29, 0.717) is 21.8 Å². The van der Waals surface area contributed by atoms with Crippen molar-refractivity contribution in [1.82, 2.24) is 9.38 Å². The van der Waals surface area contributed by atoms with Crippen molar-refractivity contribution in [2.24, 2.45) is 0 Å². The van der Waals surface area contributed by atoms with Crippen molar-refractivity contribution < 1.29 is 14.3 Å². The lowest BCUT2D eigenvalue weighted by atomic mass is 9.83. The highest BCUT2D eigenvalue weighted by Crippen LogP contribution is 2.42. The van der Waals surface area contributed by atoms with Crippen LogP contribution in [-0.4, -0.2) is 26.9 Å². The summed E-state index contributed by atoms with van der Waals surface area (Å²) in [5, 5.41) is 3.63. The van der Waals surface area contributed by atoms with E-state index in [1.54, 1.807) is 11.6 Å². The van der Waals surface area contributed by atoms with Gasteiger partial charge in [0.15, 0.2) is 10.7 Å². The summed E-state index contributed by atoms with van der Waals surface area (Å²) in [6.07, 6.45) is 1.66. The second-order valence-corrected chi connectivity index (χ2v) is 9.69. The molecule has 0 spiro atoms. The summed E-state index contributed by atoms with van der Waals surface area (Å²) in [5.74, 6) is -0.287. The van der Waals surface area contributed by atoms with Gasteiger partial charge >= 0.3 is 5.97 Å². The molecule has 0 bridgehead atoms. The van der Waals surface area contributed by atoms with Crippen LogP contribution in [0.15, 0.2) is 81.9 Å². The zero-order valence-electron chi connectivity index (χ0n) is 17.7. The molecule has 1 aliphatic rings. The number of aromatic nitrogens is 2. The number of thiazole rings is 1. The number of benzene rings is 3. The minimum absolute atomic E-state index is 0.0152. The Morgan fingerprint density at radius 1 is 0.971 bits per heavy atom. The lowest BCUT2D eigenvalue weighted by Crippen LogP contribution is -2.15. The maximum atomic E-state index is 13.1. The molecule has 0 atom stereocenters. The molecule has 0 aliphatic heterocycles. The number of nitrogens with zero attached hydrogens (tertiary/aromatic N) is 2. The number of ether oxygens (including phenoxy) is 1. The van der Waals surface area contributed by atoms with Crippen LogP contribution in [0, 0.1) is 0 Å². The third-order valence-corrected chi connectivity index (χ3v) is 7.59. The molecule has 8 heteroatoms. The Labute approximate surface area is 201 Å². The van der Waals surface area contributed by atoms with E-state index in [1.165, 1.54) is 33.6 Å². The molecular weight excluding hydrogens is 468 g/mol. The monoisotopic (exact) mass is 484 g/mol. The highest BCUT2D eigenvalue weighted by Gasteiger charge is 2.25. The van der Waals surface area contributed by atoms with E-state index in [-0.39, 0.29) is 23.7 Å². The molecule has 2 heterocycles. The molecular formula is C26H16N2O4S2. The average molecular weight is 485 g/mol. The first-order chi connectivity index (χ1) is 16.6. The largest absolute Gasteiger partial charge is 0.459 e. The third kappa shape index (κ3) is 3.43. The van der Waals surface area contributed by atoms with Crippen LogP contribution in [0.3, 0.4) is 0 Å². The van der Waals surface area contributed by atoms with Crippen molar-refractivity contribution in [2.75, 3.05) is 5.75 Å². The molecule has 166 valence electrons. The van der Waals surface area contributed by atoms with Gasteiger partial charge in [0.2, 0.25) is 0 Å². The van der Waals surface area contributed by atoms with Crippen LogP contribution in [0.2, 0.25) is 0 Å². The average Bonchev–Trinajstić information content (AvgIpc) is 3.34. The molecule has 1 aliphatic carbocycles. The number of carbonyl (C=O) groups excluding carboxylic acids is 2. The molecule has 0 saturated carbocycles. The van der Waals surface area contributed by atoms with Gasteiger partial charge < -0.3 is 4.74 Å². The fraction of sp³-hybridized carbons (Fsp3) is 0.0769. The number of esters is 1. The van der Waals surface area contributed by atoms with Crippen LogP contribution in [0.1, 0.15) is 21.6 Å². The van der Waals surface area contributed by atoms with Gasteiger partial charge in [-0.3, -0.25) is 18.8 Å². The lowest BCUT2D eigenvalue weighted by molar-refractivity contribution is -0.141. The van der Waals surface area contributed by atoms with E-state index in [0.717, 1.165) is 26.8 Å². The number of ketones is 1. The van der Waals surface area contributed by atoms with E-state index in [1.807, 2.05) is 54.6 Å². The molecule has 0 amide bonds. The van der Waals surface area contributed by atoms with Gasteiger partial charge in [0.25, 0.3) is 5.56 Å². The van der Waals surface area contributed by atoms with Gasteiger partial charge in [-0.25, -0.2) is 4.98 Å². The molecule has 2 aromatic heterocycles. The quantitative estimate of drug-likeness (QED) is 0.254. The fourth-order valence-electron chi connectivity index (χ4n) is 4.28. The zero-order chi connectivity index (χ0) is 23.2. The van der Waals surface area contributed by atoms with Crippen molar-refractivity contribution in [1.29, 1.82) is 0 Å². The van der Waals surface area contributed by atoms with E-state index in [4.69, 9.17) is 4.74 Å². The van der Waals surface area contributed by atoms with Crippen LogP contribution in [0.4, 0.5) is 0 Å². The smallest absolute Gasteiger partial charge is 0.316 e. The SMILES string of the molecule is O=C(CSc1ccc2c3c(cccc13)C(=O)c1ccccc1-2)OCc1cc(=O)n2ccsc2n1. The summed E-state index contributed by atoms with van der Waals surface area (Å²) >= 11 is 2.71. The van der Waals surface area contributed by atoms with Gasteiger partial charge in [-0.15, -0.1) is 23.1 Å². The van der Waals surface area contributed by atoms with Gasteiger partial charge in [-0.1, -0.05) is 48.5 Å². The van der Waals surface area contributed by atoms with Crippen molar-refractivity contribution in [3.63, 3.8) is 0 Å². The minimum Gasteiger partial charge on any atom is -0.459 e. The molecule has 3 aromatic carbocycles. The minimum atomic E-state index is -0.403. The molecule has 0 N–H and O–H groups in total. The van der Waals surface area contributed by atoms with Crippen LogP contribution >= 0.6 is 23.1 Å². The number of rotatable bonds is 5. The molecule has 0 saturated heterocycles. The highest BCUT2D eigenvalue weighted by molar-refractivity contribution is 8.00. The van der Waals surface area contributed by atoms with Crippen LogP contribution in [0.5, 0.6) is 0 Å². The number of carbonyl (C=O) groups is 2. The van der Waals surface area contributed by atoms with Crippen LogP contribution < -0.4 is 5.56 Å². The summed E-state index contributed by atoms with van der Waals surface area (Å²) < 4.78 is 6.82. The first kappa shape index (κ1) is 20.8. The highest BCUT2D eigenvalue weighted by atomic mass is 32.2. The first-order valence-corrected chi connectivity index (χ1v) is 12.4. The summed E-state index contributed by atoms with van der Waals surface area (Å²) in [7, 11) is 0. The number of hydrogen-bond acceptors (Lipinski definition) is 7.